The van der Waals surface area contributed by atoms with E-state index in [2.05, 4.69) is 13.2 Å². The molecule has 1 unspecified atom stereocenters. The van der Waals surface area contributed by atoms with E-state index in [1.165, 1.54) is 0 Å². The molecule has 0 spiro atoms. The van der Waals surface area contributed by atoms with Crippen LogP contribution in [0.3, 0.4) is 0 Å². The van der Waals surface area contributed by atoms with Crippen LogP contribution >= 0.6 is 0 Å². The molecule has 1 amide bonds. The molecule has 174 valence electrons. The Morgan fingerprint density at radius 3 is 2.29 bits per heavy atom. The number of alkyl halides is 3. The van der Waals surface area contributed by atoms with Crippen LogP contribution in [0.2, 0.25) is 0 Å². The molecule has 3 atom stereocenters. The van der Waals surface area contributed by atoms with Gasteiger partial charge in [-0.05, 0) is 51.3 Å². The maximum atomic E-state index is 12.5. The van der Waals surface area contributed by atoms with Gasteiger partial charge in [-0.1, -0.05) is 12.1 Å². The van der Waals surface area contributed by atoms with Gasteiger partial charge >= 0.3 is 12.3 Å². The Balaban J connectivity index is 0.00000166. The van der Waals surface area contributed by atoms with Crippen molar-refractivity contribution in [3.8, 4) is 5.75 Å². The summed E-state index contributed by atoms with van der Waals surface area (Å²) in [5, 5.41) is 0. The lowest BCUT2D eigenvalue weighted by atomic mass is 10.00. The zero-order valence-corrected chi connectivity index (χ0v) is 18.4. The number of benzene rings is 1. The van der Waals surface area contributed by atoms with Crippen molar-refractivity contribution in [2.24, 2.45) is 0 Å². The molecule has 2 heterocycles. The lowest BCUT2D eigenvalue weighted by Crippen LogP contribution is -2.50. The zero-order valence-electron chi connectivity index (χ0n) is 18.4. The number of carbonyl (C=O) groups is 1. The lowest BCUT2D eigenvalue weighted by molar-refractivity contribution is -0.176. The fourth-order valence-corrected chi connectivity index (χ4v) is 4.02. The van der Waals surface area contributed by atoms with Crippen LogP contribution in [0.1, 0.15) is 52.0 Å². The van der Waals surface area contributed by atoms with Gasteiger partial charge in [-0.15, -0.1) is 13.2 Å². The molecule has 2 fully saturated rings. The fraction of sp³-hybridized carbons (Fsp3) is 0.609. The minimum atomic E-state index is -4.34. The number of hydrogen-bond donors (Lipinski definition) is 0. The number of rotatable bonds is 5. The second kappa shape index (κ2) is 10.4. The number of hydrogen-bond acceptors (Lipinski definition) is 4. The number of nitrogens with zero attached hydrogens (tertiary/aromatic N) is 1. The molecule has 3 rings (SSSR count). The first kappa shape index (κ1) is 25.0. The highest BCUT2D eigenvalue weighted by molar-refractivity contribution is 5.69. The number of ether oxygens (including phenoxy) is 3. The molecule has 0 aliphatic carbocycles. The molecule has 1 aromatic rings. The van der Waals surface area contributed by atoms with Gasteiger partial charge < -0.3 is 19.1 Å². The van der Waals surface area contributed by atoms with Gasteiger partial charge in [-0.3, -0.25) is 0 Å². The lowest BCUT2D eigenvalue weighted by Gasteiger charge is -2.39. The van der Waals surface area contributed by atoms with Crippen LogP contribution in [0, 0.1) is 0 Å². The highest BCUT2D eigenvalue weighted by Gasteiger charge is 2.45. The van der Waals surface area contributed by atoms with Gasteiger partial charge in [0.1, 0.15) is 24.1 Å². The summed E-state index contributed by atoms with van der Waals surface area (Å²) in [7, 11) is 0. The van der Waals surface area contributed by atoms with Crippen molar-refractivity contribution in [3.63, 3.8) is 0 Å². The van der Waals surface area contributed by atoms with E-state index >= 15 is 0 Å². The number of piperidine rings is 1. The van der Waals surface area contributed by atoms with E-state index in [0.717, 1.165) is 12.8 Å². The summed E-state index contributed by atoms with van der Waals surface area (Å²) in [6.07, 6.45) is -1.38. The first-order valence-electron chi connectivity index (χ1n) is 10.4. The van der Waals surface area contributed by atoms with Crippen LogP contribution in [-0.2, 0) is 16.1 Å². The first-order valence-corrected chi connectivity index (χ1v) is 10.4. The second-order valence-corrected chi connectivity index (χ2v) is 8.74. The van der Waals surface area contributed by atoms with Gasteiger partial charge in [0.15, 0.2) is 0 Å². The van der Waals surface area contributed by atoms with E-state index in [4.69, 9.17) is 14.2 Å². The molecule has 2 bridgehead atoms. The van der Waals surface area contributed by atoms with Crippen LogP contribution in [0.4, 0.5) is 18.0 Å². The molecule has 1 aromatic carbocycles. The molecular formula is C23H32F3NO4. The van der Waals surface area contributed by atoms with Crippen LogP contribution in [0.25, 0.3) is 0 Å². The normalized spacial score (nSPS) is 23.0. The van der Waals surface area contributed by atoms with Gasteiger partial charge in [-0.25, -0.2) is 4.79 Å². The zero-order chi connectivity index (χ0) is 23.2. The van der Waals surface area contributed by atoms with E-state index in [0.29, 0.717) is 24.2 Å². The second-order valence-electron chi connectivity index (χ2n) is 8.74. The van der Waals surface area contributed by atoms with Crippen LogP contribution < -0.4 is 4.74 Å². The van der Waals surface area contributed by atoms with Gasteiger partial charge in [0.05, 0.1) is 6.61 Å². The predicted molar refractivity (Wildman–Crippen MR) is 112 cm³/mol. The quantitative estimate of drug-likeness (QED) is 0.534. The largest absolute Gasteiger partial charge is 0.490 e. The topological polar surface area (TPSA) is 48.0 Å². The summed E-state index contributed by atoms with van der Waals surface area (Å²) in [5.41, 5.74) is 0.0966. The fourth-order valence-electron chi connectivity index (χ4n) is 4.02. The van der Waals surface area contributed by atoms with Crippen molar-refractivity contribution in [1.82, 2.24) is 4.90 Å². The van der Waals surface area contributed by atoms with E-state index in [-0.39, 0.29) is 30.9 Å². The van der Waals surface area contributed by atoms with E-state index in [1.807, 2.05) is 25.7 Å². The smallest absolute Gasteiger partial charge is 0.411 e. The number of halogens is 3. The molecule has 2 aliphatic rings. The van der Waals surface area contributed by atoms with Crippen molar-refractivity contribution in [2.75, 3.05) is 6.61 Å². The van der Waals surface area contributed by atoms with E-state index < -0.39 is 18.4 Å². The van der Waals surface area contributed by atoms with Gasteiger partial charge in [0.2, 0.25) is 0 Å². The van der Waals surface area contributed by atoms with Crippen molar-refractivity contribution >= 4 is 6.09 Å². The van der Waals surface area contributed by atoms with E-state index in [1.54, 1.807) is 24.3 Å². The van der Waals surface area contributed by atoms with Crippen molar-refractivity contribution in [1.29, 1.82) is 0 Å². The third-order valence-electron chi connectivity index (χ3n) is 5.03. The SMILES string of the molecule is C=C.CC(C)(C)OC(=O)N1[C@@H]2CC[C@H]1CC(Oc1cccc(COCC(F)(F)F)c1)C2. The highest BCUT2D eigenvalue weighted by Crippen LogP contribution is 2.38. The monoisotopic (exact) mass is 443 g/mol. The average molecular weight is 444 g/mol. The molecule has 2 aliphatic heterocycles. The Morgan fingerprint density at radius 2 is 1.74 bits per heavy atom. The Bertz CT molecular complexity index is 718. The number of carbonyl (C=O) groups excluding carboxylic acids is 1. The molecule has 0 N–H and O–H groups in total. The molecule has 31 heavy (non-hydrogen) atoms. The molecule has 0 radical (unpaired) electrons. The van der Waals surface area contributed by atoms with Crippen molar-refractivity contribution in [3.05, 3.63) is 43.0 Å². The Hall–Kier alpha value is -2.22. The van der Waals surface area contributed by atoms with Crippen LogP contribution in [0.15, 0.2) is 37.4 Å². The molecule has 2 saturated heterocycles. The van der Waals surface area contributed by atoms with Gasteiger partial charge in [0, 0.05) is 24.9 Å². The van der Waals surface area contributed by atoms with Crippen molar-refractivity contribution < 1.29 is 32.2 Å². The Labute approximate surface area is 182 Å². The maximum absolute atomic E-state index is 12.5. The summed E-state index contributed by atoms with van der Waals surface area (Å²) in [6.45, 7) is 10.2. The van der Waals surface area contributed by atoms with Crippen molar-refractivity contribution in [2.45, 2.75) is 83.0 Å². The summed E-state index contributed by atoms with van der Waals surface area (Å²) in [6, 6.07) is 7.12. The summed E-state index contributed by atoms with van der Waals surface area (Å²) >= 11 is 0. The van der Waals surface area contributed by atoms with Gasteiger partial charge in [0.25, 0.3) is 0 Å². The summed E-state index contributed by atoms with van der Waals surface area (Å²) in [4.78, 5) is 14.4. The van der Waals surface area contributed by atoms with Crippen LogP contribution in [0.5, 0.6) is 5.75 Å². The maximum Gasteiger partial charge on any atom is 0.411 e. The molecular weight excluding hydrogens is 411 g/mol. The number of amides is 1. The highest BCUT2D eigenvalue weighted by atomic mass is 19.4. The predicted octanol–water partition coefficient (Wildman–Crippen LogP) is 5.88. The standard InChI is InChI=1S/C21H28F3NO4.C2H4/c1-20(2,3)29-19(26)25-15-7-8-16(25)11-18(10-15)28-17-6-4-5-14(9-17)12-27-13-21(22,23)24;1-2/h4-6,9,15-16,18H,7-8,10-13H2,1-3H3;1-2H2/t15-,16+,18?;. The Kier molecular flexibility index (Phi) is 8.40. The molecule has 0 aromatic heterocycles. The summed E-state index contributed by atoms with van der Waals surface area (Å²) < 4.78 is 53.0. The first-order chi connectivity index (χ1) is 14.5. The van der Waals surface area contributed by atoms with Gasteiger partial charge in [-0.2, -0.15) is 13.2 Å². The summed E-state index contributed by atoms with van der Waals surface area (Å²) in [5.74, 6) is 0.605. The third kappa shape index (κ3) is 7.76. The minimum Gasteiger partial charge on any atom is -0.490 e. The molecule has 0 saturated carbocycles. The van der Waals surface area contributed by atoms with Crippen LogP contribution in [-0.4, -0.2) is 47.6 Å². The number of fused-ring (bicyclic) bond motifs is 2. The average Bonchev–Trinajstić information content (AvgIpc) is 2.93. The molecule has 8 heteroatoms. The molecule has 5 nitrogen and oxygen atoms in total. The minimum absolute atomic E-state index is 0.0440. The third-order valence-corrected chi connectivity index (χ3v) is 5.03. The Morgan fingerprint density at radius 1 is 1.13 bits per heavy atom. The van der Waals surface area contributed by atoms with E-state index in [9.17, 15) is 18.0 Å².